The second-order valence-electron chi connectivity index (χ2n) is 26.8. The molecule has 0 N–H and O–H groups in total. The monoisotopic (exact) mass is 1230 g/mol. The van der Waals surface area contributed by atoms with Gasteiger partial charge in [-0.25, -0.2) is 18.1 Å². The van der Waals surface area contributed by atoms with E-state index in [4.69, 9.17) is 22.3 Å². The summed E-state index contributed by atoms with van der Waals surface area (Å²) in [6.45, 7) is 15.5. The first-order valence-corrected chi connectivity index (χ1v) is 31.8. The van der Waals surface area contributed by atoms with Gasteiger partial charge in [-0.15, -0.1) is 0 Å². The average molecular weight is 1230 g/mol. The van der Waals surface area contributed by atoms with E-state index >= 15 is 0 Å². The maximum Gasteiger partial charge on any atom is 0.212 e. The van der Waals surface area contributed by atoms with E-state index in [1.807, 2.05) is 55.1 Å². The fourth-order valence-electron chi connectivity index (χ4n) is 14.3. The summed E-state index contributed by atoms with van der Waals surface area (Å²) in [5, 5.41) is 0. The van der Waals surface area contributed by atoms with Crippen molar-refractivity contribution in [1.29, 1.82) is 0 Å². The summed E-state index contributed by atoms with van der Waals surface area (Å²) < 4.78 is 93.1. The van der Waals surface area contributed by atoms with Gasteiger partial charge < -0.3 is 0 Å². The van der Waals surface area contributed by atoms with Crippen LogP contribution in [0.3, 0.4) is 0 Å². The first-order chi connectivity index (χ1) is 48.0. The lowest BCUT2D eigenvalue weighted by molar-refractivity contribution is -0.660. The van der Waals surface area contributed by atoms with Crippen LogP contribution in [0.15, 0.2) is 201 Å². The Morgan fingerprint density at radius 1 is 0.333 bits per heavy atom. The van der Waals surface area contributed by atoms with Gasteiger partial charge in [-0.05, 0) is 188 Å². The highest BCUT2D eigenvalue weighted by Crippen LogP contribution is 2.52. The normalized spacial score (nSPS) is 15.6. The van der Waals surface area contributed by atoms with Crippen molar-refractivity contribution in [3.05, 3.63) is 285 Å². The van der Waals surface area contributed by atoms with E-state index in [0.717, 1.165) is 61.9 Å². The Bertz CT molecular complexity index is 5350. The second kappa shape index (κ2) is 23.4. The van der Waals surface area contributed by atoms with E-state index < -0.39 is 26.0 Å². The molecule has 6 heterocycles. The van der Waals surface area contributed by atoms with Gasteiger partial charge in [-0.1, -0.05) is 150 Å². The summed E-state index contributed by atoms with van der Waals surface area (Å²) >= 11 is 0. The maximum absolute atomic E-state index is 13.3. The Balaban J connectivity index is 0.000000138. The number of hydrogen-bond donors (Lipinski definition) is 0. The van der Waals surface area contributed by atoms with Crippen LogP contribution in [0.1, 0.15) is 132 Å². The minimum atomic E-state index is -2.87. The highest BCUT2D eigenvalue weighted by molar-refractivity contribution is 5.87. The highest BCUT2D eigenvalue weighted by Gasteiger charge is 2.41. The first-order valence-electron chi connectivity index (χ1n) is 36.3. The molecule has 12 aromatic rings. The SMILES string of the molecule is Cc1ccc2c(n1)C(C)(C)c1cc(C)c(-c3cc(C)c(-c4ccccc4)c[n+]3C)cc1-2.Cc1ccc2c(n1)C(C)(C)c1cc(C)c(-c3ccc(-c4ccc(F)cc4)c[n+]3C)cc1-2.[2H]C([2H])([2H])c1ccc(-c2ccc(-c3cc4c(cc3C)C(C([2H])([2H])[2H])(C([2H])([2H])[2H])c3nc(C)ccc3-4)[n+](C)c2)cc1. The minimum Gasteiger partial charge on any atom is -0.257 e. The zero-order valence-electron chi connectivity index (χ0n) is 64.6. The van der Waals surface area contributed by atoms with Crippen molar-refractivity contribution in [2.75, 3.05) is 0 Å². The number of halogens is 1. The number of hydrogen-bond acceptors (Lipinski definition) is 3. The molecule has 0 saturated heterocycles. The Morgan fingerprint density at radius 3 is 1.13 bits per heavy atom. The molecule has 0 aliphatic heterocycles. The lowest BCUT2D eigenvalue weighted by Gasteiger charge is -2.21. The second-order valence-corrected chi connectivity index (χ2v) is 26.8. The van der Waals surface area contributed by atoms with Gasteiger partial charge in [0, 0.05) is 114 Å². The van der Waals surface area contributed by atoms with Crippen LogP contribution in [-0.2, 0) is 37.4 Å². The topological polar surface area (TPSA) is 50.3 Å². The summed E-state index contributed by atoms with van der Waals surface area (Å²) in [4.78, 5) is 14.3. The van der Waals surface area contributed by atoms with Crippen molar-refractivity contribution in [1.82, 2.24) is 15.0 Å². The minimum absolute atomic E-state index is 0.0688. The van der Waals surface area contributed by atoms with Gasteiger partial charge in [0.1, 0.15) is 27.0 Å². The first kappa shape index (κ1) is 51.7. The molecule has 0 radical (unpaired) electrons. The van der Waals surface area contributed by atoms with E-state index in [-0.39, 0.29) is 33.5 Å². The Morgan fingerprint density at radius 2 is 0.710 bits per heavy atom. The summed E-state index contributed by atoms with van der Waals surface area (Å²) in [5.74, 6) is -0.216. The van der Waals surface area contributed by atoms with Crippen molar-refractivity contribution in [3.8, 4) is 101 Å². The molecule has 93 heavy (non-hydrogen) atoms. The Hall–Kier alpha value is -9.85. The van der Waals surface area contributed by atoms with Crippen LogP contribution in [0.5, 0.6) is 0 Å². The average Bonchev–Trinajstić information content (AvgIpc) is 1.52. The van der Waals surface area contributed by atoms with Gasteiger partial charge >= 0.3 is 0 Å². The molecule has 0 unspecified atom stereocenters. The smallest absolute Gasteiger partial charge is 0.212 e. The number of aryl methyl sites for hydroxylation is 11. The summed E-state index contributed by atoms with van der Waals surface area (Å²) in [5.41, 5.74) is 29.6. The Kier molecular flexibility index (Phi) is 13.0. The van der Waals surface area contributed by atoms with Crippen LogP contribution in [0.2, 0.25) is 0 Å². The third-order valence-electron chi connectivity index (χ3n) is 19.4. The van der Waals surface area contributed by atoms with Crippen molar-refractivity contribution in [2.45, 2.75) is 113 Å². The summed E-state index contributed by atoms with van der Waals surface area (Å²) in [7, 11) is 6.12. The molecule has 3 aliphatic carbocycles. The molecule has 0 fully saturated rings. The van der Waals surface area contributed by atoms with E-state index in [2.05, 4.69) is 200 Å². The molecular weight excluding hydrogens is 1140 g/mol. The highest BCUT2D eigenvalue weighted by atomic mass is 19.1. The molecule has 0 amide bonds. The zero-order chi connectivity index (χ0) is 73.2. The fraction of sp³-hybridized carbons (Fsp3) is 0.233. The molecule has 0 spiro atoms. The quantitative estimate of drug-likeness (QED) is 0.156. The van der Waals surface area contributed by atoms with Gasteiger partial charge in [0.05, 0.1) is 17.1 Å². The van der Waals surface area contributed by atoms with Gasteiger partial charge in [0.15, 0.2) is 18.6 Å². The molecular formula is C86H84FN6+3. The van der Waals surface area contributed by atoms with E-state index in [9.17, 15) is 4.39 Å². The molecule has 3 aliphatic rings. The van der Waals surface area contributed by atoms with Crippen LogP contribution < -0.4 is 13.7 Å². The number of benzene rings is 6. The van der Waals surface area contributed by atoms with E-state index in [1.165, 1.54) is 95.8 Å². The van der Waals surface area contributed by atoms with Gasteiger partial charge in [0.2, 0.25) is 17.1 Å². The van der Waals surface area contributed by atoms with Crippen LogP contribution >= 0.6 is 0 Å². The number of aromatic nitrogens is 6. The molecule has 0 atom stereocenters. The number of nitrogens with zero attached hydrogens (tertiary/aromatic N) is 6. The number of fused-ring (bicyclic) bond motifs is 9. The van der Waals surface area contributed by atoms with Gasteiger partial charge in [0.25, 0.3) is 0 Å². The van der Waals surface area contributed by atoms with Gasteiger partial charge in [-0.3, -0.25) is 15.0 Å². The predicted octanol–water partition coefficient (Wildman–Crippen LogP) is 19.2. The maximum atomic E-state index is 13.3. The lowest BCUT2D eigenvalue weighted by Crippen LogP contribution is -2.31. The van der Waals surface area contributed by atoms with Crippen molar-refractivity contribution < 1.29 is 30.4 Å². The third-order valence-corrected chi connectivity index (χ3v) is 19.4. The lowest BCUT2D eigenvalue weighted by atomic mass is 9.83. The van der Waals surface area contributed by atoms with Crippen molar-refractivity contribution in [2.24, 2.45) is 21.1 Å². The molecule has 6 aromatic carbocycles. The molecule has 6 aromatic heterocycles. The molecule has 7 heteroatoms. The predicted molar refractivity (Wildman–Crippen MR) is 379 cm³/mol. The Labute approximate surface area is 562 Å². The zero-order valence-corrected chi connectivity index (χ0v) is 55.6. The van der Waals surface area contributed by atoms with Gasteiger partial charge in [-0.2, -0.15) is 0 Å². The summed E-state index contributed by atoms with van der Waals surface area (Å²) in [6.07, 6.45) is 6.31. The van der Waals surface area contributed by atoms with Crippen molar-refractivity contribution >= 4 is 0 Å². The van der Waals surface area contributed by atoms with Crippen LogP contribution in [-0.4, -0.2) is 15.0 Å². The molecule has 0 saturated carbocycles. The fourth-order valence-corrected chi connectivity index (χ4v) is 14.3. The molecule has 15 rings (SSSR count). The summed E-state index contributed by atoms with van der Waals surface area (Å²) in [6, 6.07) is 59.7. The van der Waals surface area contributed by atoms with Crippen LogP contribution in [0.25, 0.3) is 101 Å². The largest absolute Gasteiger partial charge is 0.257 e. The number of pyridine rings is 6. The standard InChI is InChI=1S/2C29H29N2.C28H26FN2/c1-18-7-10-21(11-8-18)22-12-14-27(31(6)17-22)24-16-25-23-13-9-20(3)30-28(23)29(4,5)26(25)15-19(24)2;1-18-14-26-24(22-13-12-20(3)30-28(22)29(26,4)5)16-23(18)27-15-19(2)25(17-31(27)6)21-10-8-7-9-11-21;1-17-14-25-24(22-12-6-18(2)30-27(22)28(25,3)4)15-23(17)26-13-9-20(16-31(26)5)19-7-10-21(29)11-8-19/h2*7-17H,1-6H3;6-16H,1-5H3/q3*+1/i1D3,4D3,5D3;;. The van der Waals surface area contributed by atoms with E-state index in [1.54, 1.807) is 49.4 Å². The third kappa shape index (κ3) is 11.0. The van der Waals surface area contributed by atoms with E-state index in [0.29, 0.717) is 16.8 Å². The number of rotatable bonds is 6. The van der Waals surface area contributed by atoms with Crippen LogP contribution in [0.4, 0.5) is 4.39 Å². The van der Waals surface area contributed by atoms with Crippen molar-refractivity contribution in [3.63, 3.8) is 0 Å². The molecule has 462 valence electrons. The van der Waals surface area contributed by atoms with Crippen LogP contribution in [0, 0.1) is 61.1 Å². The molecule has 6 nitrogen and oxygen atoms in total. The molecule has 0 bridgehead atoms.